The van der Waals surface area contributed by atoms with Crippen LogP contribution in [0.5, 0.6) is 0 Å². The molecular weight excluding hydrogens is 494 g/mol. The van der Waals surface area contributed by atoms with E-state index < -0.39 is 17.7 Å². The Morgan fingerprint density at radius 2 is 1.72 bits per heavy atom. The quantitative estimate of drug-likeness (QED) is 0.239. The number of rotatable bonds is 10. The van der Waals surface area contributed by atoms with Crippen molar-refractivity contribution >= 4 is 16.9 Å². The zero-order chi connectivity index (χ0) is 27.2. The van der Waals surface area contributed by atoms with E-state index in [9.17, 15) is 13.6 Å². The van der Waals surface area contributed by atoms with E-state index in [1.54, 1.807) is 4.90 Å². The zero-order valence-electron chi connectivity index (χ0n) is 22.5. The van der Waals surface area contributed by atoms with Crippen LogP contribution in [0.4, 0.5) is 8.78 Å². The maximum atomic E-state index is 14.2. The highest BCUT2D eigenvalue weighted by Gasteiger charge is 2.30. The molecular formula is C32H36F2N4O. The van der Waals surface area contributed by atoms with Gasteiger partial charge in [-0.15, -0.1) is 0 Å². The van der Waals surface area contributed by atoms with E-state index >= 15 is 0 Å². The highest BCUT2D eigenvalue weighted by Crippen LogP contribution is 2.30. The molecule has 1 aliphatic rings. The average molecular weight is 531 g/mol. The van der Waals surface area contributed by atoms with Crippen molar-refractivity contribution in [1.29, 1.82) is 0 Å². The number of fused-ring (bicyclic) bond motifs is 1. The minimum atomic E-state index is -1.02. The summed E-state index contributed by atoms with van der Waals surface area (Å²) in [6, 6.07) is 19.2. The highest BCUT2D eigenvalue weighted by atomic mass is 19.2. The Kier molecular flexibility index (Phi) is 8.67. The Balaban J connectivity index is 1.54. The minimum Gasteiger partial charge on any atom is -0.340 e. The van der Waals surface area contributed by atoms with E-state index in [1.165, 1.54) is 30.9 Å². The summed E-state index contributed by atoms with van der Waals surface area (Å²) in [4.78, 5) is 26.6. The van der Waals surface area contributed by atoms with E-state index in [1.807, 2.05) is 30.3 Å². The van der Waals surface area contributed by atoms with E-state index in [4.69, 9.17) is 4.98 Å². The van der Waals surface area contributed by atoms with Gasteiger partial charge in [-0.05, 0) is 73.8 Å². The smallest absolute Gasteiger partial charge is 0.254 e. The van der Waals surface area contributed by atoms with Gasteiger partial charge in [-0.1, -0.05) is 56.2 Å². The molecule has 204 valence electrons. The molecule has 0 aliphatic carbocycles. The summed E-state index contributed by atoms with van der Waals surface area (Å²) in [7, 11) is 0. The number of carbonyl (C=O) groups is 1. The van der Waals surface area contributed by atoms with Gasteiger partial charge >= 0.3 is 0 Å². The Morgan fingerprint density at radius 1 is 0.974 bits per heavy atom. The van der Waals surface area contributed by atoms with Crippen molar-refractivity contribution in [3.63, 3.8) is 0 Å². The van der Waals surface area contributed by atoms with Crippen molar-refractivity contribution < 1.29 is 13.6 Å². The second-order valence-corrected chi connectivity index (χ2v) is 10.4. The largest absolute Gasteiger partial charge is 0.340 e. The maximum absolute atomic E-state index is 14.2. The number of piperidine rings is 1. The van der Waals surface area contributed by atoms with Crippen molar-refractivity contribution in [2.45, 2.75) is 58.0 Å². The molecule has 4 aromatic rings. The van der Waals surface area contributed by atoms with E-state index in [2.05, 4.69) is 35.0 Å². The van der Waals surface area contributed by atoms with E-state index in [-0.39, 0.29) is 11.5 Å². The first-order valence-corrected chi connectivity index (χ1v) is 14.0. The molecule has 1 aliphatic heterocycles. The van der Waals surface area contributed by atoms with E-state index in [0.29, 0.717) is 18.8 Å². The molecule has 5 nitrogen and oxygen atoms in total. The van der Waals surface area contributed by atoms with Crippen molar-refractivity contribution in [2.24, 2.45) is 0 Å². The fraction of sp³-hybridized carbons (Fsp3) is 0.375. The van der Waals surface area contributed by atoms with Crippen LogP contribution in [0.15, 0.2) is 66.7 Å². The Labute approximate surface area is 228 Å². The van der Waals surface area contributed by atoms with Crippen LogP contribution in [0, 0.1) is 11.6 Å². The SMILES string of the molecule is CCCCN(C(=O)c1ccc(F)c(F)c1)C(Cc1ccccc1CN1CCCCC1)c1nc2ccccc2[nH]1. The van der Waals surface area contributed by atoms with Crippen molar-refractivity contribution in [1.82, 2.24) is 19.8 Å². The van der Waals surface area contributed by atoms with Crippen LogP contribution < -0.4 is 0 Å². The molecule has 39 heavy (non-hydrogen) atoms. The number of nitrogens with one attached hydrogen (secondary N) is 1. The summed E-state index contributed by atoms with van der Waals surface area (Å²) in [5.74, 6) is -1.63. The first kappa shape index (κ1) is 27.0. The number of aromatic amines is 1. The first-order valence-electron chi connectivity index (χ1n) is 14.0. The first-order chi connectivity index (χ1) is 19.0. The molecule has 1 N–H and O–H groups in total. The lowest BCUT2D eigenvalue weighted by molar-refractivity contribution is 0.0662. The molecule has 0 bridgehead atoms. The van der Waals surface area contributed by atoms with Gasteiger partial charge in [0, 0.05) is 25.1 Å². The predicted molar refractivity (Wildman–Crippen MR) is 150 cm³/mol. The molecule has 5 rings (SSSR count). The number of carbonyl (C=O) groups excluding carboxylic acids is 1. The van der Waals surface area contributed by atoms with Gasteiger partial charge in [0.15, 0.2) is 11.6 Å². The fourth-order valence-corrected chi connectivity index (χ4v) is 5.48. The normalized spacial score (nSPS) is 14.9. The Bertz CT molecular complexity index is 1380. The van der Waals surface area contributed by atoms with Crippen LogP contribution in [0.2, 0.25) is 0 Å². The molecule has 1 saturated heterocycles. The number of likely N-dealkylation sites (tertiary alicyclic amines) is 1. The second-order valence-electron chi connectivity index (χ2n) is 10.4. The molecule has 0 saturated carbocycles. The molecule has 1 atom stereocenters. The minimum absolute atomic E-state index is 0.132. The highest BCUT2D eigenvalue weighted by molar-refractivity contribution is 5.94. The number of nitrogens with zero attached hydrogens (tertiary/aromatic N) is 3. The zero-order valence-corrected chi connectivity index (χ0v) is 22.5. The third-order valence-electron chi connectivity index (χ3n) is 7.65. The van der Waals surface area contributed by atoms with Crippen LogP contribution in [-0.4, -0.2) is 45.3 Å². The van der Waals surface area contributed by atoms with E-state index in [0.717, 1.165) is 61.2 Å². The number of benzene rings is 3. The molecule has 2 heterocycles. The number of hydrogen-bond acceptors (Lipinski definition) is 3. The van der Waals surface area contributed by atoms with Crippen LogP contribution in [0.1, 0.15) is 72.4 Å². The summed E-state index contributed by atoms with van der Waals surface area (Å²) in [6.07, 6.45) is 5.95. The summed E-state index contributed by atoms with van der Waals surface area (Å²) < 4.78 is 27.9. The molecule has 1 amide bonds. The topological polar surface area (TPSA) is 52.2 Å². The summed E-state index contributed by atoms with van der Waals surface area (Å²) >= 11 is 0. The number of H-pyrrole nitrogens is 1. The van der Waals surface area contributed by atoms with Gasteiger partial charge in [0.05, 0.1) is 17.1 Å². The molecule has 0 radical (unpaired) electrons. The molecule has 7 heteroatoms. The summed E-state index contributed by atoms with van der Waals surface area (Å²) in [5.41, 5.74) is 4.27. The summed E-state index contributed by atoms with van der Waals surface area (Å²) in [5, 5.41) is 0. The number of imidazole rings is 1. The predicted octanol–water partition coefficient (Wildman–Crippen LogP) is 7.05. The third-order valence-corrected chi connectivity index (χ3v) is 7.65. The lowest BCUT2D eigenvalue weighted by Crippen LogP contribution is -2.38. The monoisotopic (exact) mass is 530 g/mol. The second kappa shape index (κ2) is 12.5. The van der Waals surface area contributed by atoms with Gasteiger partial charge in [0.2, 0.25) is 0 Å². The number of unbranched alkanes of at least 4 members (excludes halogenated alkanes) is 1. The van der Waals surface area contributed by atoms with Gasteiger partial charge in [-0.3, -0.25) is 9.69 Å². The molecule has 1 fully saturated rings. The van der Waals surface area contributed by atoms with Crippen molar-refractivity contribution in [2.75, 3.05) is 19.6 Å². The Hall–Kier alpha value is -3.58. The molecule has 1 unspecified atom stereocenters. The number of hydrogen-bond donors (Lipinski definition) is 1. The third kappa shape index (κ3) is 6.36. The average Bonchev–Trinajstić information content (AvgIpc) is 3.39. The Morgan fingerprint density at radius 3 is 2.46 bits per heavy atom. The summed E-state index contributed by atoms with van der Waals surface area (Å²) in [6.45, 7) is 5.61. The lowest BCUT2D eigenvalue weighted by Gasteiger charge is -2.32. The van der Waals surface area contributed by atoms with Gasteiger partial charge in [0.25, 0.3) is 5.91 Å². The molecule has 0 spiro atoms. The van der Waals surface area contributed by atoms with Crippen LogP contribution >= 0.6 is 0 Å². The van der Waals surface area contributed by atoms with Crippen molar-refractivity contribution in [3.05, 3.63) is 101 Å². The number of aromatic nitrogens is 2. The molecule has 1 aromatic heterocycles. The van der Waals surface area contributed by atoms with Gasteiger partial charge in [0.1, 0.15) is 5.82 Å². The molecule has 3 aromatic carbocycles. The van der Waals surface area contributed by atoms with Gasteiger partial charge in [-0.2, -0.15) is 0 Å². The number of para-hydroxylation sites is 2. The van der Waals surface area contributed by atoms with Crippen molar-refractivity contribution in [3.8, 4) is 0 Å². The maximum Gasteiger partial charge on any atom is 0.254 e. The number of halogens is 2. The van der Waals surface area contributed by atoms with Gasteiger partial charge < -0.3 is 9.88 Å². The number of amides is 1. The van der Waals surface area contributed by atoms with Crippen LogP contribution in [0.3, 0.4) is 0 Å². The van der Waals surface area contributed by atoms with Crippen LogP contribution in [0.25, 0.3) is 11.0 Å². The standard InChI is InChI=1S/C32H36F2N4O/c1-2-3-19-38(32(39)24-15-16-26(33)27(34)20-24)30(31-35-28-13-7-8-14-29(28)36-31)21-23-11-5-6-12-25(23)22-37-17-9-4-10-18-37/h5-8,11-16,20,30H,2-4,9-10,17-19,21-22H2,1H3,(H,35,36). The lowest BCUT2D eigenvalue weighted by atomic mass is 9.97. The van der Waals surface area contributed by atoms with Crippen LogP contribution in [-0.2, 0) is 13.0 Å². The fourth-order valence-electron chi connectivity index (χ4n) is 5.48. The van der Waals surface area contributed by atoms with Gasteiger partial charge in [-0.25, -0.2) is 13.8 Å².